The summed E-state index contributed by atoms with van der Waals surface area (Å²) in [4.78, 5) is 15.7. The van der Waals surface area contributed by atoms with E-state index in [1.165, 1.54) is 0 Å². The Labute approximate surface area is 85.2 Å². The van der Waals surface area contributed by atoms with Crippen molar-refractivity contribution >= 4 is 6.03 Å². The maximum absolute atomic E-state index is 11.6. The van der Waals surface area contributed by atoms with Gasteiger partial charge in [-0.25, -0.2) is 4.79 Å². The largest absolute Gasteiger partial charge is 0.338 e. The Morgan fingerprint density at radius 3 is 2.86 bits per heavy atom. The molecule has 14 heavy (non-hydrogen) atoms. The van der Waals surface area contributed by atoms with Crippen LogP contribution in [-0.4, -0.2) is 61.6 Å². The van der Waals surface area contributed by atoms with Gasteiger partial charge in [0.1, 0.15) is 0 Å². The first-order valence-corrected chi connectivity index (χ1v) is 5.12. The average Bonchev–Trinajstić information content (AvgIpc) is 2.17. The first-order valence-electron chi connectivity index (χ1n) is 5.12. The topological polar surface area (TPSA) is 61.6 Å². The van der Waals surface area contributed by atoms with Gasteiger partial charge in [0.2, 0.25) is 0 Å². The molecule has 2 amide bonds. The van der Waals surface area contributed by atoms with Crippen LogP contribution in [0.1, 0.15) is 6.92 Å². The van der Waals surface area contributed by atoms with E-state index in [2.05, 4.69) is 17.3 Å². The fraction of sp³-hybridized carbons (Fsp3) is 0.889. The van der Waals surface area contributed by atoms with Crippen LogP contribution in [0.25, 0.3) is 0 Å². The predicted octanol–water partition coefficient (Wildman–Crippen LogP) is -0.709. The summed E-state index contributed by atoms with van der Waals surface area (Å²) in [5.74, 6) is 0. The number of nitrogens with two attached hydrogens (primary N) is 1. The number of nitrogens with zero attached hydrogens (tertiary/aromatic N) is 2. The number of hydrogen-bond acceptors (Lipinski definition) is 3. The van der Waals surface area contributed by atoms with Gasteiger partial charge >= 0.3 is 6.03 Å². The number of rotatable bonds is 2. The first-order chi connectivity index (χ1) is 6.69. The molecular formula is C9H20N4O. The van der Waals surface area contributed by atoms with Gasteiger partial charge < -0.3 is 20.9 Å². The van der Waals surface area contributed by atoms with E-state index in [9.17, 15) is 4.79 Å². The normalized spacial score (nSPS) is 23.6. The number of nitrogens with one attached hydrogen (secondary N) is 1. The molecule has 0 aromatic heterocycles. The molecule has 1 saturated heterocycles. The van der Waals surface area contributed by atoms with E-state index in [1.807, 2.05) is 11.8 Å². The Bertz CT molecular complexity index is 197. The van der Waals surface area contributed by atoms with Crippen molar-refractivity contribution in [1.29, 1.82) is 0 Å². The molecule has 5 heteroatoms. The molecule has 1 heterocycles. The lowest BCUT2D eigenvalue weighted by atomic mass is 10.2. The van der Waals surface area contributed by atoms with Gasteiger partial charge in [-0.15, -0.1) is 0 Å². The molecule has 0 radical (unpaired) electrons. The zero-order valence-electron chi connectivity index (χ0n) is 8.99. The van der Waals surface area contributed by atoms with Gasteiger partial charge in [0.25, 0.3) is 0 Å². The molecule has 1 rings (SSSR count). The van der Waals surface area contributed by atoms with Crippen molar-refractivity contribution in [3.8, 4) is 0 Å². The van der Waals surface area contributed by atoms with Crippen molar-refractivity contribution in [1.82, 2.24) is 15.1 Å². The van der Waals surface area contributed by atoms with Crippen molar-refractivity contribution in [2.75, 3.05) is 39.8 Å². The monoisotopic (exact) mass is 200 g/mol. The van der Waals surface area contributed by atoms with Gasteiger partial charge in [-0.05, 0) is 14.0 Å². The zero-order chi connectivity index (χ0) is 10.6. The summed E-state index contributed by atoms with van der Waals surface area (Å²) in [6.45, 7) is 5.68. The van der Waals surface area contributed by atoms with Gasteiger partial charge in [0, 0.05) is 32.7 Å². The molecule has 1 aliphatic heterocycles. The third kappa shape index (κ3) is 2.59. The minimum absolute atomic E-state index is 0.0102. The van der Waals surface area contributed by atoms with Crippen molar-refractivity contribution in [3.05, 3.63) is 0 Å². The Balaban J connectivity index is 2.53. The van der Waals surface area contributed by atoms with Crippen LogP contribution in [0.5, 0.6) is 0 Å². The molecule has 0 aromatic carbocycles. The highest BCUT2D eigenvalue weighted by molar-refractivity contribution is 5.74. The molecule has 5 nitrogen and oxygen atoms in total. The molecule has 0 spiro atoms. The average molecular weight is 200 g/mol. The summed E-state index contributed by atoms with van der Waals surface area (Å²) >= 11 is 0. The lowest BCUT2D eigenvalue weighted by molar-refractivity contribution is 0.112. The molecule has 1 aliphatic rings. The molecule has 3 N–H and O–H groups in total. The second-order valence-corrected chi connectivity index (χ2v) is 3.68. The van der Waals surface area contributed by atoms with Crippen LogP contribution < -0.4 is 11.1 Å². The number of amides is 2. The predicted molar refractivity (Wildman–Crippen MR) is 56.1 cm³/mol. The summed E-state index contributed by atoms with van der Waals surface area (Å²) in [5, 5.41) is 2.81. The van der Waals surface area contributed by atoms with Gasteiger partial charge in [0.15, 0.2) is 0 Å². The number of likely N-dealkylation sites (N-methyl/N-ethyl adjacent to an activating group) is 1. The number of hydrogen-bond donors (Lipinski definition) is 2. The van der Waals surface area contributed by atoms with E-state index >= 15 is 0 Å². The van der Waals surface area contributed by atoms with E-state index in [0.29, 0.717) is 13.1 Å². The molecular weight excluding hydrogens is 180 g/mol. The summed E-state index contributed by atoms with van der Waals surface area (Å²) in [7, 11) is 2.05. The van der Waals surface area contributed by atoms with Crippen LogP contribution in [0, 0.1) is 0 Å². The highest BCUT2D eigenvalue weighted by atomic mass is 16.2. The Kier molecular flexibility index (Phi) is 4.16. The first kappa shape index (κ1) is 11.3. The van der Waals surface area contributed by atoms with E-state index < -0.39 is 0 Å². The van der Waals surface area contributed by atoms with Crippen LogP contribution in [-0.2, 0) is 0 Å². The SMILES string of the molecule is CCNC(=O)N1CCN(C)CC1CN. The number of carbonyl (C=O) groups excluding carboxylic acids is 1. The summed E-state index contributed by atoms with van der Waals surface area (Å²) in [6.07, 6.45) is 0. The standard InChI is InChI=1S/C9H20N4O/c1-3-11-9(14)13-5-4-12(2)7-8(13)6-10/h8H,3-7,10H2,1-2H3,(H,11,14). The van der Waals surface area contributed by atoms with E-state index in [4.69, 9.17) is 5.73 Å². The van der Waals surface area contributed by atoms with Crippen molar-refractivity contribution in [2.45, 2.75) is 13.0 Å². The maximum Gasteiger partial charge on any atom is 0.317 e. The Morgan fingerprint density at radius 1 is 1.57 bits per heavy atom. The van der Waals surface area contributed by atoms with Crippen molar-refractivity contribution < 1.29 is 4.79 Å². The zero-order valence-corrected chi connectivity index (χ0v) is 8.99. The Morgan fingerprint density at radius 2 is 2.29 bits per heavy atom. The second kappa shape index (κ2) is 5.17. The van der Waals surface area contributed by atoms with Crippen LogP contribution in [0.15, 0.2) is 0 Å². The summed E-state index contributed by atoms with van der Waals surface area (Å²) in [5.41, 5.74) is 5.64. The molecule has 0 aromatic rings. The Hall–Kier alpha value is -0.810. The van der Waals surface area contributed by atoms with Crippen LogP contribution >= 0.6 is 0 Å². The lowest BCUT2D eigenvalue weighted by Gasteiger charge is -2.39. The molecule has 1 fully saturated rings. The molecule has 0 aliphatic carbocycles. The van der Waals surface area contributed by atoms with Crippen LogP contribution in [0.4, 0.5) is 4.79 Å². The number of urea groups is 1. The molecule has 0 saturated carbocycles. The molecule has 0 bridgehead atoms. The fourth-order valence-electron chi connectivity index (χ4n) is 1.73. The molecule has 1 unspecified atom stereocenters. The third-order valence-corrected chi connectivity index (χ3v) is 2.55. The highest BCUT2D eigenvalue weighted by Crippen LogP contribution is 2.07. The van der Waals surface area contributed by atoms with Gasteiger partial charge in [0.05, 0.1) is 6.04 Å². The van der Waals surface area contributed by atoms with Crippen molar-refractivity contribution in [2.24, 2.45) is 5.73 Å². The number of piperazine rings is 1. The van der Waals surface area contributed by atoms with E-state index in [0.717, 1.165) is 19.6 Å². The summed E-state index contributed by atoms with van der Waals surface area (Å²) in [6, 6.07) is 0.163. The fourth-order valence-corrected chi connectivity index (χ4v) is 1.73. The second-order valence-electron chi connectivity index (χ2n) is 3.68. The molecule has 1 atom stereocenters. The quantitative estimate of drug-likeness (QED) is 0.619. The summed E-state index contributed by atoms with van der Waals surface area (Å²) < 4.78 is 0. The minimum atomic E-state index is 0.0102. The van der Waals surface area contributed by atoms with Gasteiger partial charge in [-0.3, -0.25) is 0 Å². The molecule has 82 valence electrons. The smallest absolute Gasteiger partial charge is 0.317 e. The minimum Gasteiger partial charge on any atom is -0.338 e. The van der Waals surface area contributed by atoms with Crippen LogP contribution in [0.3, 0.4) is 0 Å². The van der Waals surface area contributed by atoms with Gasteiger partial charge in [-0.2, -0.15) is 0 Å². The van der Waals surface area contributed by atoms with Gasteiger partial charge in [-0.1, -0.05) is 0 Å². The van der Waals surface area contributed by atoms with Crippen LogP contribution in [0.2, 0.25) is 0 Å². The van der Waals surface area contributed by atoms with Crippen molar-refractivity contribution in [3.63, 3.8) is 0 Å². The number of carbonyl (C=O) groups is 1. The van der Waals surface area contributed by atoms with E-state index in [1.54, 1.807) is 0 Å². The highest BCUT2D eigenvalue weighted by Gasteiger charge is 2.27. The maximum atomic E-state index is 11.6. The third-order valence-electron chi connectivity index (χ3n) is 2.55. The van der Waals surface area contributed by atoms with E-state index in [-0.39, 0.29) is 12.1 Å². The lowest BCUT2D eigenvalue weighted by Crippen LogP contribution is -2.59.